The molecule has 3 rings (SSSR count). The summed E-state index contributed by atoms with van der Waals surface area (Å²) in [5.74, 6) is 0.193. The van der Waals surface area contributed by atoms with Crippen LogP contribution in [0.1, 0.15) is 44.7 Å². The second-order valence-electron chi connectivity index (χ2n) is 5.56. The van der Waals surface area contributed by atoms with E-state index < -0.39 is 0 Å². The Hall–Kier alpha value is -1.23. The van der Waals surface area contributed by atoms with Crippen molar-refractivity contribution in [3.05, 3.63) is 24.0 Å². The average molecular weight is 277 g/mol. The van der Waals surface area contributed by atoms with Crippen LogP contribution >= 0.6 is 11.8 Å². The Kier molecular flexibility index (Phi) is 3.39. The lowest BCUT2D eigenvalue weighted by Gasteiger charge is -2.42. The van der Waals surface area contributed by atoms with Gasteiger partial charge in [-0.15, -0.1) is 11.8 Å². The zero-order valence-corrected chi connectivity index (χ0v) is 11.9. The smallest absolute Gasteiger partial charge is 0.221 e. The highest BCUT2D eigenvalue weighted by Crippen LogP contribution is 2.40. The van der Waals surface area contributed by atoms with Crippen LogP contribution in [-0.2, 0) is 4.79 Å². The van der Waals surface area contributed by atoms with Gasteiger partial charge in [0.15, 0.2) is 0 Å². The van der Waals surface area contributed by atoms with Gasteiger partial charge in [-0.05, 0) is 31.7 Å². The van der Waals surface area contributed by atoms with E-state index in [9.17, 15) is 4.79 Å². The van der Waals surface area contributed by atoms with Crippen LogP contribution in [0.2, 0.25) is 0 Å². The third-order valence-electron chi connectivity index (χ3n) is 3.96. The second-order valence-corrected chi connectivity index (χ2v) is 7.04. The van der Waals surface area contributed by atoms with Gasteiger partial charge in [0.05, 0.1) is 5.69 Å². The summed E-state index contributed by atoms with van der Waals surface area (Å²) in [6.07, 6.45) is 8.96. The molecular weight excluding hydrogens is 258 g/mol. The Morgan fingerprint density at radius 3 is 2.95 bits per heavy atom. The summed E-state index contributed by atoms with van der Waals surface area (Å²) in [6, 6.07) is 1.99. The van der Waals surface area contributed by atoms with E-state index in [1.54, 1.807) is 18.0 Å². The van der Waals surface area contributed by atoms with E-state index in [1.807, 2.05) is 6.07 Å². The fourth-order valence-corrected chi connectivity index (χ4v) is 3.84. The Morgan fingerprint density at radius 1 is 1.47 bits per heavy atom. The van der Waals surface area contributed by atoms with Crippen LogP contribution in [0, 0.1) is 0 Å². The largest absolute Gasteiger partial charge is 0.350 e. The highest BCUT2D eigenvalue weighted by molar-refractivity contribution is 8.08. The van der Waals surface area contributed by atoms with E-state index in [1.165, 1.54) is 11.3 Å². The van der Waals surface area contributed by atoms with E-state index in [4.69, 9.17) is 0 Å². The quantitative estimate of drug-likeness (QED) is 0.830. The highest BCUT2D eigenvalue weighted by atomic mass is 32.2. The molecule has 2 heterocycles. The lowest BCUT2D eigenvalue weighted by molar-refractivity contribution is -0.124. The molecule has 0 saturated heterocycles. The monoisotopic (exact) mass is 277 g/mol. The molecule has 2 N–H and O–H groups in total. The van der Waals surface area contributed by atoms with Gasteiger partial charge in [0.2, 0.25) is 5.91 Å². The zero-order valence-electron chi connectivity index (χ0n) is 11.1. The number of aromatic amines is 1. The molecule has 1 saturated carbocycles. The maximum Gasteiger partial charge on any atom is 0.221 e. The maximum atomic E-state index is 12.0. The molecular formula is C14H19N3OS. The van der Waals surface area contributed by atoms with E-state index in [2.05, 4.69) is 28.5 Å². The molecule has 0 radical (unpaired) electrons. The van der Waals surface area contributed by atoms with E-state index >= 15 is 0 Å². The van der Waals surface area contributed by atoms with Crippen LogP contribution in [0.3, 0.4) is 0 Å². The zero-order chi connectivity index (χ0) is 13.3. The topological polar surface area (TPSA) is 57.8 Å². The van der Waals surface area contributed by atoms with Crippen molar-refractivity contribution in [1.29, 1.82) is 0 Å². The number of nitrogens with zero attached hydrogens (tertiary/aromatic N) is 1. The van der Waals surface area contributed by atoms with Crippen molar-refractivity contribution in [2.75, 3.05) is 0 Å². The highest BCUT2D eigenvalue weighted by Gasteiger charge is 2.38. The minimum Gasteiger partial charge on any atom is -0.350 e. The molecule has 5 heteroatoms. The minimum absolute atomic E-state index is 0.0208. The van der Waals surface area contributed by atoms with Crippen molar-refractivity contribution in [3.63, 3.8) is 0 Å². The molecule has 102 valence electrons. The van der Waals surface area contributed by atoms with Gasteiger partial charge >= 0.3 is 0 Å². The van der Waals surface area contributed by atoms with Gasteiger partial charge in [-0.2, -0.15) is 5.10 Å². The van der Waals surface area contributed by atoms with Crippen molar-refractivity contribution >= 4 is 22.6 Å². The summed E-state index contributed by atoms with van der Waals surface area (Å²) in [6.45, 7) is 2.10. The van der Waals surface area contributed by atoms with Gasteiger partial charge in [-0.3, -0.25) is 9.89 Å². The van der Waals surface area contributed by atoms with Crippen molar-refractivity contribution < 1.29 is 4.79 Å². The average Bonchev–Trinajstić information content (AvgIpc) is 2.83. The van der Waals surface area contributed by atoms with Crippen LogP contribution in [0.15, 0.2) is 18.3 Å². The first-order chi connectivity index (χ1) is 9.17. The molecule has 19 heavy (non-hydrogen) atoms. The molecule has 0 bridgehead atoms. The number of nitrogens with one attached hydrogen (secondary N) is 2. The van der Waals surface area contributed by atoms with Gasteiger partial charge in [0.1, 0.15) is 0 Å². The van der Waals surface area contributed by atoms with Crippen molar-refractivity contribution in [1.82, 2.24) is 15.5 Å². The first kappa shape index (κ1) is 12.8. The number of hydrogen-bond donors (Lipinski definition) is 2. The lowest BCUT2D eigenvalue weighted by atomic mass is 9.74. The molecule has 1 fully saturated rings. The van der Waals surface area contributed by atoms with E-state index in [0.29, 0.717) is 6.42 Å². The molecule has 0 aromatic carbocycles. The van der Waals surface area contributed by atoms with Crippen LogP contribution in [0.25, 0.3) is 4.91 Å². The number of carbonyl (C=O) groups is 1. The summed E-state index contributed by atoms with van der Waals surface area (Å²) >= 11 is 1.76. The van der Waals surface area contributed by atoms with E-state index in [0.717, 1.165) is 25.0 Å². The minimum atomic E-state index is 0.0208. The summed E-state index contributed by atoms with van der Waals surface area (Å²) in [7, 11) is 0. The van der Waals surface area contributed by atoms with Crippen molar-refractivity contribution in [3.8, 4) is 0 Å². The Balaban J connectivity index is 1.87. The summed E-state index contributed by atoms with van der Waals surface area (Å²) in [5, 5.41) is 10.6. The van der Waals surface area contributed by atoms with Crippen molar-refractivity contribution in [2.24, 2.45) is 0 Å². The normalized spacial score (nSPS) is 29.4. The fraction of sp³-hybridized carbons (Fsp3) is 0.571. The molecule has 2 aliphatic rings. The van der Waals surface area contributed by atoms with Crippen LogP contribution in [0.4, 0.5) is 0 Å². The Morgan fingerprint density at radius 2 is 2.32 bits per heavy atom. The molecule has 1 atom stereocenters. The maximum absolute atomic E-state index is 12.0. The molecule has 1 aliphatic carbocycles. The van der Waals surface area contributed by atoms with Gasteiger partial charge in [0.25, 0.3) is 0 Å². The number of thioether (sulfide) groups is 1. The first-order valence-electron chi connectivity index (χ1n) is 6.84. The third kappa shape index (κ3) is 2.71. The fourth-order valence-electron chi connectivity index (χ4n) is 2.75. The summed E-state index contributed by atoms with van der Waals surface area (Å²) < 4.78 is 0. The van der Waals surface area contributed by atoms with Gasteiger partial charge in [-0.25, -0.2) is 0 Å². The number of carbonyl (C=O) groups excluding carboxylic acids is 1. The number of amides is 1. The SMILES string of the molecule is CC1CC(=O)NC2(C/C=C(\c3ccn[nH]3)S1)CCC2. The van der Waals surface area contributed by atoms with Gasteiger partial charge in [0, 0.05) is 28.3 Å². The molecule has 1 unspecified atom stereocenters. The van der Waals surface area contributed by atoms with Crippen molar-refractivity contribution in [2.45, 2.75) is 49.8 Å². The van der Waals surface area contributed by atoms with Crippen LogP contribution in [0.5, 0.6) is 0 Å². The lowest BCUT2D eigenvalue weighted by Crippen LogP contribution is -2.53. The van der Waals surface area contributed by atoms with Crippen LogP contribution in [-0.4, -0.2) is 26.9 Å². The van der Waals surface area contributed by atoms with Crippen LogP contribution < -0.4 is 5.32 Å². The molecule has 1 aromatic rings. The molecule has 4 nitrogen and oxygen atoms in total. The summed E-state index contributed by atoms with van der Waals surface area (Å²) in [4.78, 5) is 13.2. The number of aromatic nitrogens is 2. The third-order valence-corrected chi connectivity index (χ3v) is 5.17. The Labute approximate surface area is 117 Å². The van der Waals surface area contributed by atoms with Gasteiger partial charge in [-0.1, -0.05) is 13.0 Å². The number of H-pyrrole nitrogens is 1. The predicted molar refractivity (Wildman–Crippen MR) is 77.6 cm³/mol. The standard InChI is InChI=1S/C14H19N3OS/c1-10-9-13(18)16-14(5-2-6-14)7-3-12(19-10)11-4-8-15-17-11/h3-4,8,10H,2,5-7,9H2,1H3,(H,15,17)(H,16,18)/b12-3+. The number of rotatable bonds is 1. The summed E-state index contributed by atoms with van der Waals surface area (Å²) in [5.41, 5.74) is 1.08. The molecule has 1 aromatic heterocycles. The molecule has 1 spiro atoms. The second kappa shape index (κ2) is 5.04. The first-order valence-corrected chi connectivity index (χ1v) is 7.72. The predicted octanol–water partition coefficient (Wildman–Crippen LogP) is 2.71. The van der Waals surface area contributed by atoms with E-state index in [-0.39, 0.29) is 16.7 Å². The molecule has 1 amide bonds. The van der Waals surface area contributed by atoms with Gasteiger partial charge < -0.3 is 5.32 Å². The Bertz CT molecular complexity index is 491. The number of hydrogen-bond acceptors (Lipinski definition) is 3. The molecule has 1 aliphatic heterocycles.